The highest BCUT2D eigenvalue weighted by atomic mass is 19.4. The van der Waals surface area contributed by atoms with Gasteiger partial charge < -0.3 is 14.2 Å². The summed E-state index contributed by atoms with van der Waals surface area (Å²) in [6, 6.07) is 0. The average Bonchev–Trinajstić information content (AvgIpc) is 3.25. The zero-order valence-electron chi connectivity index (χ0n) is 22.4. The highest BCUT2D eigenvalue weighted by molar-refractivity contribution is 5.84. The number of hydrogen-bond acceptors (Lipinski definition) is 5. The summed E-state index contributed by atoms with van der Waals surface area (Å²) < 4.78 is 56.3. The van der Waals surface area contributed by atoms with Crippen LogP contribution in [0.4, 0.5) is 13.2 Å². The van der Waals surface area contributed by atoms with Crippen molar-refractivity contribution in [3.63, 3.8) is 0 Å². The molecule has 5 nitrogen and oxygen atoms in total. The van der Waals surface area contributed by atoms with Crippen LogP contribution in [0, 0.1) is 52.3 Å². The van der Waals surface area contributed by atoms with Gasteiger partial charge in [0.15, 0.2) is 5.79 Å². The molecule has 6 rings (SSSR count). The molecule has 0 radical (unpaired) electrons. The van der Waals surface area contributed by atoms with Gasteiger partial charge in [-0.25, -0.2) is 4.79 Å². The summed E-state index contributed by atoms with van der Waals surface area (Å²) in [5, 5.41) is 0. The Bertz CT molecular complexity index is 958. The molecule has 208 valence electrons. The van der Waals surface area contributed by atoms with E-state index < -0.39 is 24.0 Å². The number of Topliss-reactive ketones (excluding diaryl/α,β-unsaturated/α-hetero) is 1. The Morgan fingerprint density at radius 1 is 1.03 bits per heavy atom. The Morgan fingerprint density at radius 3 is 2.46 bits per heavy atom. The van der Waals surface area contributed by atoms with Crippen LogP contribution in [0.2, 0.25) is 0 Å². The van der Waals surface area contributed by atoms with Crippen LogP contribution in [0.5, 0.6) is 0 Å². The smallest absolute Gasteiger partial charge is 0.456 e. The van der Waals surface area contributed by atoms with E-state index in [1.807, 2.05) is 0 Å². The molecule has 2 heterocycles. The van der Waals surface area contributed by atoms with E-state index in [4.69, 9.17) is 14.2 Å². The molecular formula is C29H41F3O5. The maximum atomic E-state index is 14.0. The summed E-state index contributed by atoms with van der Waals surface area (Å²) in [6.07, 6.45) is 1.17. The molecule has 0 amide bonds. The first kappa shape index (κ1) is 26.1. The van der Waals surface area contributed by atoms with Crippen LogP contribution < -0.4 is 0 Å². The lowest BCUT2D eigenvalue weighted by atomic mass is 9.44. The molecule has 0 N–H and O–H groups in total. The molecule has 6 fully saturated rings. The highest BCUT2D eigenvalue weighted by Gasteiger charge is 2.70. The van der Waals surface area contributed by atoms with Gasteiger partial charge in [-0.15, -0.1) is 0 Å². The van der Waals surface area contributed by atoms with Crippen LogP contribution in [0.1, 0.15) is 85.5 Å². The molecule has 0 unspecified atom stereocenters. The quantitative estimate of drug-likeness (QED) is 0.387. The third-order valence-electron chi connectivity index (χ3n) is 12.1. The van der Waals surface area contributed by atoms with Gasteiger partial charge in [0, 0.05) is 24.7 Å². The lowest BCUT2D eigenvalue weighted by Gasteiger charge is -2.60. The Labute approximate surface area is 217 Å². The first-order valence-corrected chi connectivity index (χ1v) is 14.4. The van der Waals surface area contributed by atoms with Gasteiger partial charge in [-0.1, -0.05) is 27.7 Å². The largest absolute Gasteiger partial charge is 0.490 e. The molecule has 0 aromatic rings. The number of halogens is 3. The van der Waals surface area contributed by atoms with Crippen molar-refractivity contribution in [2.75, 3.05) is 6.61 Å². The van der Waals surface area contributed by atoms with Gasteiger partial charge in [0.25, 0.3) is 0 Å². The summed E-state index contributed by atoms with van der Waals surface area (Å²) in [5.41, 5.74) is -0.364. The number of hydrogen-bond donors (Lipinski definition) is 0. The number of esters is 1. The molecule has 12 atom stereocenters. The average molecular weight is 527 g/mol. The fourth-order valence-corrected chi connectivity index (χ4v) is 10.4. The molecule has 4 saturated carbocycles. The number of rotatable bonds is 1. The van der Waals surface area contributed by atoms with E-state index in [1.165, 1.54) is 0 Å². The fourth-order valence-electron chi connectivity index (χ4n) is 10.4. The van der Waals surface area contributed by atoms with Gasteiger partial charge >= 0.3 is 12.1 Å². The van der Waals surface area contributed by atoms with Gasteiger partial charge in [-0.2, -0.15) is 13.2 Å². The van der Waals surface area contributed by atoms with Gasteiger partial charge in [0.05, 0.1) is 12.7 Å². The van der Waals surface area contributed by atoms with E-state index in [0.29, 0.717) is 49.2 Å². The minimum Gasteiger partial charge on any atom is -0.456 e. The summed E-state index contributed by atoms with van der Waals surface area (Å²) >= 11 is 0. The number of alkyl halides is 3. The third-order valence-corrected chi connectivity index (χ3v) is 12.1. The van der Waals surface area contributed by atoms with Crippen LogP contribution in [-0.2, 0) is 23.8 Å². The number of carbonyl (C=O) groups is 2. The maximum absolute atomic E-state index is 14.0. The van der Waals surface area contributed by atoms with E-state index in [-0.39, 0.29) is 40.6 Å². The van der Waals surface area contributed by atoms with Crippen molar-refractivity contribution in [1.82, 2.24) is 0 Å². The van der Waals surface area contributed by atoms with E-state index in [2.05, 4.69) is 27.7 Å². The molecule has 0 aromatic carbocycles. The second-order valence-corrected chi connectivity index (χ2v) is 13.9. The zero-order chi connectivity index (χ0) is 26.5. The highest BCUT2D eigenvalue weighted by Crippen LogP contribution is 2.70. The summed E-state index contributed by atoms with van der Waals surface area (Å²) in [7, 11) is 0. The molecular weight excluding hydrogens is 485 g/mol. The van der Waals surface area contributed by atoms with Crippen molar-refractivity contribution >= 4 is 11.8 Å². The van der Waals surface area contributed by atoms with Crippen molar-refractivity contribution < 1.29 is 37.0 Å². The Kier molecular flexibility index (Phi) is 5.94. The molecule has 0 bridgehead atoms. The lowest BCUT2D eigenvalue weighted by molar-refractivity contribution is -0.272. The standard InChI is InChI=1S/C29H41F3O5/c1-15-7-10-28(35-14-15)16(2)23-22(37-28)12-20-19-6-5-17-11-18(36-25(34)29(30,31)32)8-9-26(17,3)24(19)21(33)13-27(20,23)4/h15-20,22-24H,5-14H2,1-4H3/t15-,16+,17-,18+,19+,20-,22-,23-,24-,26+,27+,28-/m1/s1. The van der Waals surface area contributed by atoms with Crippen LogP contribution in [0.25, 0.3) is 0 Å². The predicted octanol–water partition coefficient (Wildman–Crippen LogP) is 6.09. The predicted molar refractivity (Wildman–Crippen MR) is 128 cm³/mol. The first-order valence-electron chi connectivity index (χ1n) is 14.4. The first-order chi connectivity index (χ1) is 17.3. The Hall–Kier alpha value is -1.15. The monoisotopic (exact) mass is 526 g/mol. The number of ketones is 1. The summed E-state index contributed by atoms with van der Waals surface area (Å²) in [6.45, 7) is 9.72. The topological polar surface area (TPSA) is 61.8 Å². The molecule has 1 spiro atoms. The summed E-state index contributed by atoms with van der Waals surface area (Å²) in [5.74, 6) is -0.464. The van der Waals surface area contributed by atoms with E-state index in [0.717, 1.165) is 38.7 Å². The van der Waals surface area contributed by atoms with Crippen molar-refractivity contribution in [3.8, 4) is 0 Å². The lowest BCUT2D eigenvalue weighted by Crippen LogP contribution is -2.58. The number of fused-ring (bicyclic) bond motifs is 7. The minimum absolute atomic E-state index is 0.0709. The molecule has 6 aliphatic rings. The zero-order valence-corrected chi connectivity index (χ0v) is 22.4. The van der Waals surface area contributed by atoms with Gasteiger partial charge in [0.1, 0.15) is 11.9 Å². The maximum Gasteiger partial charge on any atom is 0.490 e. The number of ether oxygens (including phenoxy) is 3. The second-order valence-electron chi connectivity index (χ2n) is 13.9. The Morgan fingerprint density at radius 2 is 1.78 bits per heavy atom. The third kappa shape index (κ3) is 3.77. The molecule has 8 heteroatoms. The van der Waals surface area contributed by atoms with E-state index >= 15 is 0 Å². The van der Waals surface area contributed by atoms with Crippen LogP contribution >= 0.6 is 0 Å². The molecule has 2 saturated heterocycles. The molecule has 2 aliphatic heterocycles. The number of carbonyl (C=O) groups excluding carboxylic acids is 2. The SMILES string of the molecule is C[C@@H]1CC[C@@]2(OC1)O[C@@H]1C[C@@H]3[C@@H]4CC[C@@H]5C[C@@H](OC(=O)C(F)(F)F)CC[C@]5(C)[C@H]4C(=O)C[C@]3(C)[C@@H]1[C@@H]2C. The Balaban J connectivity index is 1.20. The summed E-state index contributed by atoms with van der Waals surface area (Å²) in [4.78, 5) is 25.5. The van der Waals surface area contributed by atoms with Gasteiger partial charge in [-0.3, -0.25) is 4.79 Å². The van der Waals surface area contributed by atoms with Gasteiger partial charge in [0.2, 0.25) is 0 Å². The van der Waals surface area contributed by atoms with Crippen molar-refractivity contribution in [1.29, 1.82) is 0 Å². The van der Waals surface area contributed by atoms with Crippen molar-refractivity contribution in [2.24, 2.45) is 52.3 Å². The van der Waals surface area contributed by atoms with E-state index in [1.54, 1.807) is 0 Å². The fraction of sp³-hybridized carbons (Fsp3) is 0.931. The van der Waals surface area contributed by atoms with Crippen molar-refractivity contribution in [2.45, 2.75) is 110 Å². The second kappa shape index (κ2) is 8.42. The molecule has 0 aromatic heterocycles. The minimum atomic E-state index is -4.97. The molecule has 37 heavy (non-hydrogen) atoms. The van der Waals surface area contributed by atoms with Crippen LogP contribution in [-0.4, -0.2) is 42.5 Å². The van der Waals surface area contributed by atoms with E-state index in [9.17, 15) is 22.8 Å². The van der Waals surface area contributed by atoms with Gasteiger partial charge in [-0.05, 0) is 85.4 Å². The molecule has 4 aliphatic carbocycles. The van der Waals surface area contributed by atoms with Crippen molar-refractivity contribution in [3.05, 3.63) is 0 Å². The van der Waals surface area contributed by atoms with Crippen LogP contribution in [0.15, 0.2) is 0 Å². The van der Waals surface area contributed by atoms with Crippen LogP contribution in [0.3, 0.4) is 0 Å². The normalized spacial score (nSPS) is 53.3.